The van der Waals surface area contributed by atoms with E-state index in [-0.39, 0.29) is 5.57 Å². The summed E-state index contributed by atoms with van der Waals surface area (Å²) in [4.78, 5) is 16.9. The van der Waals surface area contributed by atoms with E-state index < -0.39 is 5.97 Å². The third kappa shape index (κ3) is 8.24. The number of hydrogen-bond donors (Lipinski definition) is 1. The second-order valence-corrected chi connectivity index (χ2v) is 15.2. The molecular weight excluding hydrogens is 663 g/mol. The normalized spacial score (nSPS) is 16.1. The fourth-order valence-corrected chi connectivity index (χ4v) is 8.45. The standard InChI is InChI=1S/C49H53N3O2/c1-3-5-10-35-16-22-43(23-17-35)51-28-8-14-41-32-39(20-26-47(41)51)45(31-37-12-7-13-38(30-37)46(34-50)49(53)54)40-21-27-48-42(33-40)15-9-29-52(48)44-24-18-36(19-25-44)11-6-4-2/h16-27,30-33H,3-15,28-29H2,1-2H3,(H,53,54). The van der Waals surface area contributed by atoms with E-state index in [1.165, 1.54) is 70.7 Å². The molecule has 5 nitrogen and oxygen atoms in total. The Bertz CT molecular complexity index is 2000. The van der Waals surface area contributed by atoms with Crippen molar-refractivity contribution in [2.75, 3.05) is 22.9 Å². The van der Waals surface area contributed by atoms with Gasteiger partial charge in [0.25, 0.3) is 0 Å². The number of aryl methyl sites for hydroxylation is 4. The average molecular weight is 716 g/mol. The van der Waals surface area contributed by atoms with Gasteiger partial charge in [-0.3, -0.25) is 0 Å². The number of allylic oxidation sites excluding steroid dienone is 4. The first-order valence-corrected chi connectivity index (χ1v) is 20.2. The van der Waals surface area contributed by atoms with Gasteiger partial charge in [-0.05, 0) is 169 Å². The molecule has 4 aromatic carbocycles. The first kappa shape index (κ1) is 37.0. The minimum Gasteiger partial charge on any atom is -0.477 e. The quantitative estimate of drug-likeness (QED) is 0.117. The number of rotatable bonds is 12. The van der Waals surface area contributed by atoms with Gasteiger partial charge < -0.3 is 14.9 Å². The summed E-state index contributed by atoms with van der Waals surface area (Å²) >= 11 is 0. The number of unbranched alkanes of at least 4 members (excludes halogenated alkanes) is 2. The van der Waals surface area contributed by atoms with Crippen LogP contribution in [0.2, 0.25) is 0 Å². The molecule has 0 saturated carbocycles. The Labute approximate surface area is 322 Å². The van der Waals surface area contributed by atoms with E-state index in [0.717, 1.165) is 86.7 Å². The zero-order valence-electron chi connectivity index (χ0n) is 32.0. The maximum Gasteiger partial charge on any atom is 0.346 e. The van der Waals surface area contributed by atoms with Crippen LogP contribution in [0.4, 0.5) is 22.7 Å². The molecule has 0 atom stereocenters. The number of carbonyl (C=O) groups is 1. The van der Waals surface area contributed by atoms with Gasteiger partial charge in [-0.1, -0.05) is 75.2 Å². The van der Waals surface area contributed by atoms with Crippen molar-refractivity contribution < 1.29 is 9.90 Å². The fraction of sp³-hybridized carbons (Fsp3) is 0.347. The summed E-state index contributed by atoms with van der Waals surface area (Å²) in [6.45, 7) is 6.48. The van der Waals surface area contributed by atoms with E-state index in [4.69, 9.17) is 0 Å². The van der Waals surface area contributed by atoms with Crippen LogP contribution in [0.1, 0.15) is 105 Å². The third-order valence-electron chi connectivity index (χ3n) is 11.4. The summed E-state index contributed by atoms with van der Waals surface area (Å²) in [5.74, 6) is -1.15. The summed E-state index contributed by atoms with van der Waals surface area (Å²) in [6.07, 6.45) is 17.8. The smallest absolute Gasteiger partial charge is 0.346 e. The maximum absolute atomic E-state index is 11.9. The molecule has 7 rings (SSSR count). The highest BCUT2D eigenvalue weighted by Crippen LogP contribution is 2.40. The molecule has 0 saturated heterocycles. The predicted molar refractivity (Wildman–Crippen MR) is 223 cm³/mol. The number of fused-ring (bicyclic) bond motifs is 2. The van der Waals surface area contributed by atoms with Crippen LogP contribution in [0.25, 0.3) is 5.57 Å². The van der Waals surface area contributed by atoms with Crippen LogP contribution in [-0.4, -0.2) is 24.2 Å². The molecule has 5 heteroatoms. The molecular formula is C49H53N3O2. The van der Waals surface area contributed by atoms with Crippen LogP contribution >= 0.6 is 0 Å². The van der Waals surface area contributed by atoms with E-state index in [0.29, 0.717) is 12.0 Å². The SMILES string of the molecule is CCCCc1ccc(N2CCCc3cc(C(=CC4=CC(=C(C#N)C(=O)O)CCC4)c4ccc5c(c4)CCCN5c4ccc(CCCC)cc4)ccc32)cc1. The van der Waals surface area contributed by atoms with Gasteiger partial charge in [-0.2, -0.15) is 5.26 Å². The van der Waals surface area contributed by atoms with Crippen LogP contribution in [0, 0.1) is 11.3 Å². The second-order valence-electron chi connectivity index (χ2n) is 15.2. The summed E-state index contributed by atoms with van der Waals surface area (Å²) in [7, 11) is 0. The Morgan fingerprint density at radius 2 is 1.22 bits per heavy atom. The topological polar surface area (TPSA) is 67.6 Å². The zero-order chi connectivity index (χ0) is 37.4. The average Bonchev–Trinajstić information content (AvgIpc) is 3.21. The molecule has 54 heavy (non-hydrogen) atoms. The van der Waals surface area contributed by atoms with E-state index in [1.54, 1.807) is 0 Å². The van der Waals surface area contributed by atoms with Crippen LogP contribution in [0.15, 0.2) is 114 Å². The fourth-order valence-electron chi connectivity index (χ4n) is 8.45. The van der Waals surface area contributed by atoms with Crippen molar-refractivity contribution in [2.24, 2.45) is 0 Å². The minimum atomic E-state index is -1.15. The Balaban J connectivity index is 1.27. The second kappa shape index (κ2) is 17.2. The Morgan fingerprint density at radius 3 is 1.69 bits per heavy atom. The van der Waals surface area contributed by atoms with E-state index >= 15 is 0 Å². The van der Waals surface area contributed by atoms with Crippen molar-refractivity contribution >= 4 is 34.3 Å². The molecule has 0 unspecified atom stereocenters. The highest BCUT2D eigenvalue weighted by Gasteiger charge is 2.23. The Morgan fingerprint density at radius 1 is 0.704 bits per heavy atom. The molecule has 0 radical (unpaired) electrons. The van der Waals surface area contributed by atoms with Crippen molar-refractivity contribution in [2.45, 2.75) is 97.3 Å². The van der Waals surface area contributed by atoms with Gasteiger partial charge in [0.15, 0.2) is 0 Å². The maximum atomic E-state index is 11.9. The summed E-state index contributed by atoms with van der Waals surface area (Å²) in [6, 6.07) is 34.1. The van der Waals surface area contributed by atoms with Gasteiger partial charge in [0.2, 0.25) is 0 Å². The first-order chi connectivity index (χ1) is 26.4. The lowest BCUT2D eigenvalue weighted by Gasteiger charge is -2.33. The molecule has 0 aromatic heterocycles. The van der Waals surface area contributed by atoms with E-state index in [9.17, 15) is 15.2 Å². The van der Waals surface area contributed by atoms with Crippen LogP contribution in [0.3, 0.4) is 0 Å². The largest absolute Gasteiger partial charge is 0.477 e. The van der Waals surface area contributed by atoms with Gasteiger partial charge in [0.05, 0.1) is 0 Å². The molecule has 2 aliphatic heterocycles. The highest BCUT2D eigenvalue weighted by molar-refractivity contribution is 5.93. The number of nitriles is 1. The Kier molecular flexibility index (Phi) is 11.8. The highest BCUT2D eigenvalue weighted by atomic mass is 16.4. The van der Waals surface area contributed by atoms with Crippen molar-refractivity contribution in [1.29, 1.82) is 5.26 Å². The lowest BCUT2D eigenvalue weighted by atomic mass is 9.86. The van der Waals surface area contributed by atoms with Gasteiger partial charge in [-0.25, -0.2) is 4.79 Å². The minimum absolute atomic E-state index is 0.151. The van der Waals surface area contributed by atoms with Crippen molar-refractivity contribution in [3.63, 3.8) is 0 Å². The van der Waals surface area contributed by atoms with Gasteiger partial charge >= 0.3 is 5.97 Å². The number of nitrogens with zero attached hydrogens (tertiary/aromatic N) is 3. The van der Waals surface area contributed by atoms with Gasteiger partial charge in [0.1, 0.15) is 11.6 Å². The number of aliphatic carboxylic acids is 1. The van der Waals surface area contributed by atoms with E-state index in [2.05, 4.69) is 115 Å². The van der Waals surface area contributed by atoms with Crippen LogP contribution in [-0.2, 0) is 30.5 Å². The number of hydrogen-bond acceptors (Lipinski definition) is 4. The summed E-state index contributed by atoms with van der Waals surface area (Å²) in [5.41, 5.74) is 15.5. The summed E-state index contributed by atoms with van der Waals surface area (Å²) < 4.78 is 0. The molecule has 0 spiro atoms. The van der Waals surface area contributed by atoms with Crippen molar-refractivity contribution in [3.05, 3.63) is 147 Å². The van der Waals surface area contributed by atoms with Crippen molar-refractivity contribution in [1.82, 2.24) is 0 Å². The molecule has 0 amide bonds. The molecule has 276 valence electrons. The predicted octanol–water partition coefficient (Wildman–Crippen LogP) is 12.0. The van der Waals surface area contributed by atoms with Gasteiger partial charge in [0, 0.05) is 35.8 Å². The number of benzene rings is 4. The summed E-state index contributed by atoms with van der Waals surface area (Å²) in [5, 5.41) is 19.4. The number of carboxylic acids is 1. The molecule has 2 heterocycles. The molecule has 4 aromatic rings. The molecule has 0 fully saturated rings. The van der Waals surface area contributed by atoms with Gasteiger partial charge in [-0.15, -0.1) is 0 Å². The van der Waals surface area contributed by atoms with Crippen molar-refractivity contribution in [3.8, 4) is 6.07 Å². The lowest BCUT2D eigenvalue weighted by Crippen LogP contribution is -2.24. The number of anilines is 4. The Hall–Kier alpha value is -5.34. The third-order valence-corrected chi connectivity index (χ3v) is 11.4. The lowest BCUT2D eigenvalue weighted by molar-refractivity contribution is -0.132. The molecule has 3 aliphatic rings. The van der Waals surface area contributed by atoms with Crippen LogP contribution in [0.5, 0.6) is 0 Å². The first-order valence-electron chi connectivity index (χ1n) is 20.2. The molecule has 1 N–H and O–H groups in total. The zero-order valence-corrected chi connectivity index (χ0v) is 32.0. The monoisotopic (exact) mass is 715 g/mol. The van der Waals surface area contributed by atoms with E-state index in [1.807, 2.05) is 12.1 Å². The number of carboxylic acid groups (broad SMARTS) is 1. The molecule has 1 aliphatic carbocycles. The molecule has 0 bridgehead atoms. The van der Waals surface area contributed by atoms with Crippen LogP contribution < -0.4 is 9.80 Å².